The molecule has 4 aliphatic rings. The second kappa shape index (κ2) is 33.4. The predicted molar refractivity (Wildman–Crippen MR) is 431 cm³/mol. The fourth-order valence-corrected chi connectivity index (χ4v) is 21.9. The van der Waals surface area contributed by atoms with Crippen LogP contribution in [-0.4, -0.2) is 153 Å². The van der Waals surface area contributed by atoms with Gasteiger partial charge in [-0.15, -0.1) is 0 Å². The Morgan fingerprint density at radius 1 is 0.400 bits per heavy atom. The van der Waals surface area contributed by atoms with Crippen molar-refractivity contribution in [1.29, 1.82) is 0 Å². The van der Waals surface area contributed by atoms with Gasteiger partial charge in [-0.1, -0.05) is 99.8 Å². The van der Waals surface area contributed by atoms with Crippen LogP contribution in [0.25, 0.3) is 43.1 Å². The van der Waals surface area contributed by atoms with Crippen molar-refractivity contribution in [2.75, 3.05) is 55.7 Å². The third-order valence-corrected chi connectivity index (χ3v) is 29.2. The van der Waals surface area contributed by atoms with E-state index in [1.807, 2.05) is 51.3 Å². The Morgan fingerprint density at radius 2 is 0.655 bits per heavy atom. The summed E-state index contributed by atoms with van der Waals surface area (Å²) in [5, 5.41) is 3.39. The maximum absolute atomic E-state index is 16.7. The molecule has 2 aliphatic carbocycles. The molecule has 2 heterocycles. The van der Waals surface area contributed by atoms with Crippen LogP contribution in [0.15, 0.2) is 121 Å². The topological polar surface area (TPSA) is 208 Å². The molecule has 0 N–H and O–H groups in total. The number of benzene rings is 9. The van der Waals surface area contributed by atoms with Crippen LogP contribution in [0.4, 0.5) is 0 Å². The Hall–Kier alpha value is -7.95. The number of amides is 6. The van der Waals surface area contributed by atoms with Gasteiger partial charge in [0.1, 0.15) is 58.1 Å². The molecule has 2 fully saturated rings. The molecule has 0 spiro atoms. The van der Waals surface area contributed by atoms with Crippen LogP contribution < -0.4 is 18.9 Å². The summed E-state index contributed by atoms with van der Waals surface area (Å²) >= 11 is 26.5. The molecule has 6 atom stereocenters. The Kier molecular flexibility index (Phi) is 24.3. The first-order valence-electron chi connectivity index (χ1n) is 37.6. The maximum atomic E-state index is 16.7. The van der Waals surface area contributed by atoms with Crippen LogP contribution in [0.1, 0.15) is 147 Å². The van der Waals surface area contributed by atoms with E-state index in [1.165, 1.54) is 0 Å². The Balaban J connectivity index is 1.10. The van der Waals surface area contributed by atoms with E-state index in [2.05, 4.69) is 0 Å². The molecule has 0 saturated heterocycles. The van der Waals surface area contributed by atoms with Gasteiger partial charge in [-0.3, -0.25) is 38.6 Å². The number of carbonyl (C=O) groups excluding carboxylic acids is 6. The largest absolute Gasteiger partial charge is 0.500 e. The van der Waals surface area contributed by atoms with Crippen LogP contribution in [0, 0.1) is 23.7 Å². The van der Waals surface area contributed by atoms with Gasteiger partial charge in [-0.2, -0.15) is 0 Å². The zero-order valence-corrected chi connectivity index (χ0v) is 68.9. The number of nitrogens with zero attached hydrogens (tertiary/aromatic N) is 4. The normalized spacial score (nSPS) is 18.2. The van der Waals surface area contributed by atoms with E-state index < -0.39 is 65.1 Å². The first kappa shape index (κ1) is 80.1. The highest BCUT2D eigenvalue weighted by molar-refractivity contribution is 6.61. The monoisotopic (exact) mass is 1610 g/mol. The lowest BCUT2D eigenvalue weighted by atomic mass is 9.80. The van der Waals surface area contributed by atoms with Crippen molar-refractivity contribution in [2.24, 2.45) is 23.7 Å². The van der Waals surface area contributed by atoms with E-state index in [1.54, 1.807) is 164 Å². The molecular formula is C84H92Cl4N4O16Si2. The van der Waals surface area contributed by atoms with E-state index in [0.29, 0.717) is 57.9 Å². The summed E-state index contributed by atoms with van der Waals surface area (Å²) in [6, 6.07) is 30.8. The van der Waals surface area contributed by atoms with Gasteiger partial charge in [0.2, 0.25) is 11.8 Å². The molecule has 13 rings (SSSR count). The molecule has 0 bridgehead atoms. The smallest absolute Gasteiger partial charge is 0.457 e. The summed E-state index contributed by atoms with van der Waals surface area (Å²) in [4.78, 5) is 105. The molecule has 9 aromatic rings. The molecule has 9 aromatic carbocycles. The summed E-state index contributed by atoms with van der Waals surface area (Å²) in [5.74, 6) is -2.90. The first-order chi connectivity index (χ1) is 52.8. The van der Waals surface area contributed by atoms with E-state index in [-0.39, 0.29) is 173 Å². The first-order valence-corrected chi connectivity index (χ1v) is 43.0. The number of rotatable bonds is 30. The summed E-state index contributed by atoms with van der Waals surface area (Å²) in [5.41, 5.74) is -0.000194. The lowest BCUT2D eigenvalue weighted by molar-refractivity contribution is -0.139. The molecule has 6 unspecified atom stereocenters. The Morgan fingerprint density at radius 3 is 0.882 bits per heavy atom. The molecule has 2 aliphatic heterocycles. The molecule has 26 heteroatoms. The van der Waals surface area contributed by atoms with Crippen molar-refractivity contribution < 1.29 is 74.3 Å². The van der Waals surface area contributed by atoms with Gasteiger partial charge in [0.05, 0.1) is 22.3 Å². The van der Waals surface area contributed by atoms with Crippen LogP contribution >= 0.6 is 46.4 Å². The minimum absolute atomic E-state index is 0.0000485. The van der Waals surface area contributed by atoms with Crippen molar-refractivity contribution in [3.05, 3.63) is 164 Å². The van der Waals surface area contributed by atoms with Crippen molar-refractivity contribution >= 4 is 143 Å². The number of ether oxygens (including phenoxy) is 4. The van der Waals surface area contributed by atoms with E-state index in [9.17, 15) is 0 Å². The van der Waals surface area contributed by atoms with Gasteiger partial charge >= 0.3 is 17.6 Å². The molecule has 0 aromatic heterocycles. The Labute approximate surface area is 663 Å². The van der Waals surface area contributed by atoms with Crippen LogP contribution in [-0.2, 0) is 36.1 Å². The summed E-state index contributed by atoms with van der Waals surface area (Å²) in [6.45, 7) is 12.2. The second-order valence-electron chi connectivity index (χ2n) is 29.8. The molecule has 110 heavy (non-hydrogen) atoms. The average molecular weight is 1610 g/mol. The summed E-state index contributed by atoms with van der Waals surface area (Å²) in [6.07, 6.45) is 6.12. The lowest BCUT2D eigenvalue weighted by Gasteiger charge is -2.42. The molecule has 20 nitrogen and oxygen atoms in total. The average Bonchev–Trinajstić information content (AvgIpc) is 0.670. The van der Waals surface area contributed by atoms with Crippen molar-refractivity contribution in [1.82, 2.24) is 19.6 Å². The molecular weight excluding hydrogens is 1520 g/mol. The highest BCUT2D eigenvalue weighted by Crippen LogP contribution is 2.59. The molecule has 6 amide bonds. The minimum atomic E-state index is -3.05. The van der Waals surface area contributed by atoms with Gasteiger partial charge in [0, 0.05) is 143 Å². The molecule has 580 valence electrons. The fraction of sp³-hybridized carbons (Fsp3) is 0.405. The van der Waals surface area contributed by atoms with Crippen molar-refractivity contribution in [3.63, 3.8) is 0 Å². The molecule has 0 radical (unpaired) electrons. The van der Waals surface area contributed by atoms with Crippen LogP contribution in [0.5, 0.6) is 46.0 Å². The number of halogens is 4. The zero-order valence-electron chi connectivity index (χ0n) is 63.9. The maximum Gasteiger partial charge on any atom is 0.500 e. The molecule has 2 saturated carbocycles. The third kappa shape index (κ3) is 15.5. The highest BCUT2D eigenvalue weighted by atomic mass is 35.5. The minimum Gasteiger partial charge on any atom is -0.457 e. The number of hydrogen-bond acceptors (Lipinski definition) is 16. The second-order valence-corrected chi connectivity index (χ2v) is 37.5. The summed E-state index contributed by atoms with van der Waals surface area (Å²) < 4.78 is 64.2. The van der Waals surface area contributed by atoms with E-state index in [4.69, 9.17) is 91.9 Å². The third-order valence-electron chi connectivity index (χ3n) is 22.3. The van der Waals surface area contributed by atoms with Gasteiger partial charge in [-0.05, 0) is 197 Å². The van der Waals surface area contributed by atoms with Crippen molar-refractivity contribution in [2.45, 2.75) is 142 Å². The predicted octanol–water partition coefficient (Wildman–Crippen LogP) is 20.1. The standard InChI is InChI=1S/C84H92Cl4N4O16Si2/c1-13-89(55-19-15-17-49(39-55)45-109(99-7,100-8)101-9)83(97)65(37-47(3)4)91-79(93)61-41-67(105-57-29-21-51(85)22-30-57)73-75-69(107-59-33-25-53(87)26-34-59)43-63-72-64(82(96)92(81(63)95)66(38-48(5)6)84(98)90(14-2)56-20-16-18-50(40-56)46-110(102-10,103-11)104-12)44-70(108-60-35-27-54(88)28-36-60)76(78(72)75)74-68(106-58-31-23-52(86)24-32-58)42-62(80(91)94)71(61)77(73)74/h21-36,41-44,47-50,55-56,65-66H,13-20,37-40,45-46H2,1-12H3. The van der Waals surface area contributed by atoms with E-state index in [0.717, 1.165) is 35.5 Å². The van der Waals surface area contributed by atoms with Gasteiger partial charge < -0.3 is 55.3 Å². The quantitative estimate of drug-likeness (QED) is 0.0177. The fourth-order valence-electron chi connectivity index (χ4n) is 17.2. The SMILES string of the molecule is CCN(C(=O)C(CC(C)C)N1C(=O)c2cc(Oc3ccc(Cl)cc3)c3c4c(Oc5ccc(Cl)cc5)cc5c6c(cc(Oc7ccc(Cl)cc7)c(c7c(Oc8ccc(Cl)cc8)cc(c2c37)C1=O)c64)C(=O)N(C(CC(C)C)C(=O)N(CC)C1CCCC(C[Si](OC)(OC)OC)C1)C5=O)C1CCCC(C[Si](OC)(OC)OC)C1. The van der Waals surface area contributed by atoms with Gasteiger partial charge in [0.25, 0.3) is 23.6 Å². The number of carbonyl (C=O) groups is 6. The zero-order chi connectivity index (χ0) is 78.4. The lowest BCUT2D eigenvalue weighted by Crippen LogP contribution is -2.57. The summed E-state index contributed by atoms with van der Waals surface area (Å²) in [7, 11) is 3.45. The number of fused-ring (bicyclic) bond motifs is 2. The number of imide groups is 2. The Bertz CT molecular complexity index is 4420. The highest BCUT2D eigenvalue weighted by Gasteiger charge is 2.51. The number of hydrogen-bond donors (Lipinski definition) is 0. The van der Waals surface area contributed by atoms with Gasteiger partial charge in [-0.25, -0.2) is 0 Å². The van der Waals surface area contributed by atoms with Crippen LogP contribution in [0.3, 0.4) is 0 Å². The van der Waals surface area contributed by atoms with Crippen molar-refractivity contribution in [3.8, 4) is 46.0 Å². The van der Waals surface area contributed by atoms with E-state index >= 15 is 28.8 Å². The number of likely N-dealkylation sites (N-methyl/N-ethyl adjacent to an activating group) is 2. The van der Waals surface area contributed by atoms with Crippen LogP contribution in [0.2, 0.25) is 32.2 Å². The van der Waals surface area contributed by atoms with Gasteiger partial charge in [0.15, 0.2) is 0 Å².